The minimum absolute atomic E-state index is 0.0260. The highest BCUT2D eigenvalue weighted by Gasteiger charge is 2.36. The van der Waals surface area contributed by atoms with Gasteiger partial charge in [-0.25, -0.2) is 4.85 Å². The molecular weight excluding hydrogens is 434 g/mol. The van der Waals surface area contributed by atoms with Gasteiger partial charge in [0.1, 0.15) is 5.75 Å². The molecule has 1 unspecified atom stereocenters. The van der Waals surface area contributed by atoms with Crippen LogP contribution in [0.1, 0.15) is 18.4 Å². The number of thioether (sulfide) groups is 1. The van der Waals surface area contributed by atoms with Crippen molar-refractivity contribution in [2.75, 3.05) is 24.8 Å². The zero-order valence-electron chi connectivity index (χ0n) is 17.1. The van der Waals surface area contributed by atoms with Gasteiger partial charge in [0, 0.05) is 22.0 Å². The van der Waals surface area contributed by atoms with Gasteiger partial charge in [0.2, 0.25) is 5.70 Å². The number of dihydropyridines is 1. The Bertz CT molecular complexity index is 1090. The van der Waals surface area contributed by atoms with Gasteiger partial charge in [0.05, 0.1) is 36.9 Å². The standard InChI is InChI=1S/C23H22ClN3O3S/c1-14-19(22(29)27-17-10-6-7-11-18(17)30-3)20(15-8-4-5-9-16(15)24)21(25-2)23(26-14)31-13-12-28/h4-11,20,26,28H,12-13H2,1,3H3,(H,27,29). The number of amides is 1. The third-order valence-corrected chi connectivity index (χ3v) is 6.10. The summed E-state index contributed by atoms with van der Waals surface area (Å²) in [7, 11) is 1.54. The fourth-order valence-corrected chi connectivity index (χ4v) is 4.49. The summed E-state index contributed by atoms with van der Waals surface area (Å²) in [5.41, 5.74) is 2.58. The van der Waals surface area contributed by atoms with E-state index in [4.69, 9.17) is 22.9 Å². The molecule has 8 heteroatoms. The molecule has 0 radical (unpaired) electrons. The van der Waals surface area contributed by atoms with Crippen molar-refractivity contribution in [2.24, 2.45) is 0 Å². The summed E-state index contributed by atoms with van der Waals surface area (Å²) >= 11 is 7.83. The van der Waals surface area contributed by atoms with Crippen molar-refractivity contribution in [1.82, 2.24) is 5.32 Å². The Labute approximate surface area is 190 Å². The van der Waals surface area contributed by atoms with E-state index >= 15 is 0 Å². The zero-order chi connectivity index (χ0) is 22.4. The summed E-state index contributed by atoms with van der Waals surface area (Å²) in [5.74, 6) is -0.0467. The summed E-state index contributed by atoms with van der Waals surface area (Å²) in [6, 6.07) is 14.3. The molecule has 0 saturated heterocycles. The molecule has 0 spiro atoms. The fraction of sp³-hybridized carbons (Fsp3) is 0.217. The van der Waals surface area contributed by atoms with Gasteiger partial charge >= 0.3 is 0 Å². The number of allylic oxidation sites excluding steroid dienone is 2. The van der Waals surface area contributed by atoms with Crippen LogP contribution in [0.5, 0.6) is 5.75 Å². The van der Waals surface area contributed by atoms with E-state index in [1.54, 1.807) is 37.3 Å². The molecule has 0 fully saturated rings. The summed E-state index contributed by atoms with van der Waals surface area (Å²) in [6.45, 7) is 9.60. The first kappa shape index (κ1) is 22.8. The topological polar surface area (TPSA) is 75.0 Å². The van der Waals surface area contributed by atoms with E-state index in [2.05, 4.69) is 15.5 Å². The smallest absolute Gasteiger partial charge is 0.253 e. The molecule has 2 aromatic carbocycles. The molecule has 31 heavy (non-hydrogen) atoms. The summed E-state index contributed by atoms with van der Waals surface area (Å²) in [4.78, 5) is 17.2. The lowest BCUT2D eigenvalue weighted by Crippen LogP contribution is -2.30. The molecule has 1 heterocycles. The molecule has 2 aromatic rings. The number of carbonyl (C=O) groups excluding carboxylic acids is 1. The Morgan fingerprint density at radius 1 is 1.29 bits per heavy atom. The summed E-state index contributed by atoms with van der Waals surface area (Å²) in [6.07, 6.45) is 0. The average molecular weight is 456 g/mol. The summed E-state index contributed by atoms with van der Waals surface area (Å²) < 4.78 is 5.34. The van der Waals surface area contributed by atoms with Crippen LogP contribution in [0.2, 0.25) is 5.02 Å². The second-order valence-corrected chi connectivity index (χ2v) is 8.18. The van der Waals surface area contributed by atoms with Crippen molar-refractivity contribution >= 4 is 35.0 Å². The molecule has 1 atom stereocenters. The number of hydrogen-bond acceptors (Lipinski definition) is 5. The van der Waals surface area contributed by atoms with Crippen LogP contribution in [0.3, 0.4) is 0 Å². The zero-order valence-corrected chi connectivity index (χ0v) is 18.7. The van der Waals surface area contributed by atoms with Crippen molar-refractivity contribution in [3.05, 3.63) is 92.5 Å². The number of carbonyl (C=O) groups is 1. The number of nitrogens with one attached hydrogen (secondary N) is 2. The first-order valence-electron chi connectivity index (χ1n) is 9.53. The number of anilines is 1. The van der Waals surface area contributed by atoms with Gasteiger partial charge < -0.3 is 20.5 Å². The molecule has 0 bridgehead atoms. The lowest BCUT2D eigenvalue weighted by atomic mass is 9.85. The van der Waals surface area contributed by atoms with Crippen molar-refractivity contribution in [3.8, 4) is 5.75 Å². The third-order valence-electron chi connectivity index (χ3n) is 4.77. The van der Waals surface area contributed by atoms with Gasteiger partial charge in [-0.05, 0) is 30.7 Å². The molecule has 0 aliphatic carbocycles. The Balaban J connectivity index is 2.09. The maximum absolute atomic E-state index is 13.4. The maximum Gasteiger partial charge on any atom is 0.253 e. The average Bonchev–Trinajstić information content (AvgIpc) is 2.77. The Morgan fingerprint density at radius 2 is 2.00 bits per heavy atom. The molecule has 0 saturated carbocycles. The van der Waals surface area contributed by atoms with E-state index < -0.39 is 5.92 Å². The van der Waals surface area contributed by atoms with Crippen LogP contribution in [0.4, 0.5) is 5.69 Å². The second kappa shape index (κ2) is 10.4. The van der Waals surface area contributed by atoms with E-state index in [9.17, 15) is 9.90 Å². The fourth-order valence-electron chi connectivity index (χ4n) is 3.41. The van der Waals surface area contributed by atoms with Crippen LogP contribution in [0, 0.1) is 6.57 Å². The number of aliphatic hydroxyl groups excluding tert-OH is 1. The van der Waals surface area contributed by atoms with Crippen LogP contribution < -0.4 is 15.4 Å². The van der Waals surface area contributed by atoms with Crippen molar-refractivity contribution in [1.29, 1.82) is 0 Å². The predicted molar refractivity (Wildman–Crippen MR) is 125 cm³/mol. The van der Waals surface area contributed by atoms with Gasteiger partial charge in [-0.2, -0.15) is 0 Å². The van der Waals surface area contributed by atoms with E-state index in [1.807, 2.05) is 18.2 Å². The maximum atomic E-state index is 13.4. The molecule has 160 valence electrons. The highest BCUT2D eigenvalue weighted by Crippen LogP contribution is 2.44. The number of ether oxygens (including phenoxy) is 1. The molecule has 0 aromatic heterocycles. The van der Waals surface area contributed by atoms with Crippen LogP contribution in [-0.2, 0) is 4.79 Å². The third kappa shape index (κ3) is 4.88. The summed E-state index contributed by atoms with van der Waals surface area (Å²) in [5, 5.41) is 16.4. The largest absolute Gasteiger partial charge is 0.495 e. The highest BCUT2D eigenvalue weighted by atomic mass is 35.5. The number of rotatable bonds is 7. The van der Waals surface area contributed by atoms with Crippen molar-refractivity contribution in [3.63, 3.8) is 0 Å². The van der Waals surface area contributed by atoms with Crippen LogP contribution in [0.15, 0.2) is 70.5 Å². The predicted octanol–water partition coefficient (Wildman–Crippen LogP) is 4.76. The van der Waals surface area contributed by atoms with Gasteiger partial charge in [0.15, 0.2) is 0 Å². The number of hydrogen-bond donors (Lipinski definition) is 3. The first-order valence-corrected chi connectivity index (χ1v) is 10.9. The minimum atomic E-state index is -0.650. The normalized spacial score (nSPS) is 15.9. The van der Waals surface area contributed by atoms with Crippen molar-refractivity contribution in [2.45, 2.75) is 12.8 Å². The quantitative estimate of drug-likeness (QED) is 0.525. The molecule has 1 aliphatic rings. The minimum Gasteiger partial charge on any atom is -0.495 e. The molecular formula is C23H22ClN3O3S. The van der Waals surface area contributed by atoms with Gasteiger partial charge in [-0.3, -0.25) is 4.79 Å². The van der Waals surface area contributed by atoms with Gasteiger partial charge in [-0.15, -0.1) is 11.8 Å². The number of benzene rings is 2. The SMILES string of the molecule is [C-]#[N+]C1=C(SCCO)NC(C)=C(C(=O)Nc2ccccc2OC)C1c1ccccc1Cl. The Hall–Kier alpha value is -2.92. The molecule has 1 aliphatic heterocycles. The van der Waals surface area contributed by atoms with E-state index in [0.717, 1.165) is 0 Å². The number of halogens is 1. The van der Waals surface area contributed by atoms with Gasteiger partial charge in [-0.1, -0.05) is 41.9 Å². The number of aliphatic hydroxyl groups is 1. The molecule has 3 rings (SSSR count). The lowest BCUT2D eigenvalue weighted by Gasteiger charge is -2.30. The number of para-hydroxylation sites is 2. The monoisotopic (exact) mass is 455 g/mol. The highest BCUT2D eigenvalue weighted by molar-refractivity contribution is 8.03. The van der Waals surface area contributed by atoms with Crippen LogP contribution in [0.25, 0.3) is 4.85 Å². The van der Waals surface area contributed by atoms with E-state index in [0.29, 0.717) is 49.8 Å². The van der Waals surface area contributed by atoms with Crippen LogP contribution in [-0.4, -0.2) is 30.5 Å². The van der Waals surface area contributed by atoms with E-state index in [-0.39, 0.29) is 12.5 Å². The second-order valence-electron chi connectivity index (χ2n) is 6.67. The number of methoxy groups -OCH3 is 1. The van der Waals surface area contributed by atoms with E-state index in [1.165, 1.54) is 18.9 Å². The Kier molecular flexibility index (Phi) is 7.64. The lowest BCUT2D eigenvalue weighted by molar-refractivity contribution is -0.113. The first-order chi connectivity index (χ1) is 15.0. The van der Waals surface area contributed by atoms with Crippen LogP contribution >= 0.6 is 23.4 Å². The number of nitrogens with zero attached hydrogens (tertiary/aromatic N) is 1. The van der Waals surface area contributed by atoms with Crippen molar-refractivity contribution < 1.29 is 14.6 Å². The molecule has 1 amide bonds. The Morgan fingerprint density at radius 3 is 2.68 bits per heavy atom. The molecule has 6 nitrogen and oxygen atoms in total. The van der Waals surface area contributed by atoms with Gasteiger partial charge in [0.25, 0.3) is 5.91 Å². The molecule has 3 N–H and O–H groups in total.